The van der Waals surface area contributed by atoms with E-state index in [0.717, 1.165) is 6.07 Å². The summed E-state index contributed by atoms with van der Waals surface area (Å²) in [6, 6.07) is 3.42. The maximum atomic E-state index is 11.9. The summed E-state index contributed by atoms with van der Waals surface area (Å²) in [4.78, 5) is 34.0. The molecule has 0 unspecified atom stereocenters. The van der Waals surface area contributed by atoms with Gasteiger partial charge in [0, 0.05) is 26.2 Å². The molecule has 312 valence electrons. The van der Waals surface area contributed by atoms with Crippen LogP contribution in [0, 0.1) is 20.2 Å². The molecular formula is C34H60N4O16. The van der Waals surface area contributed by atoms with Crippen LogP contribution in [0.15, 0.2) is 18.2 Å². The van der Waals surface area contributed by atoms with Crippen LogP contribution in [0.4, 0.5) is 21.9 Å². The van der Waals surface area contributed by atoms with Crippen LogP contribution in [0.3, 0.4) is 0 Å². The number of carbonyl (C=O) groups excluding carboxylic acids is 1. The fourth-order valence-corrected chi connectivity index (χ4v) is 3.91. The van der Waals surface area contributed by atoms with Crippen LogP contribution in [0.25, 0.3) is 0 Å². The van der Waals surface area contributed by atoms with Gasteiger partial charge in [-0.25, -0.2) is 4.79 Å². The number of anilines is 1. The molecule has 0 aliphatic rings. The Morgan fingerprint density at radius 2 is 0.944 bits per heavy atom. The van der Waals surface area contributed by atoms with Gasteiger partial charge in [-0.3, -0.25) is 20.2 Å². The number of benzene rings is 1. The summed E-state index contributed by atoms with van der Waals surface area (Å²) in [7, 11) is 1.67. The molecule has 1 rings (SSSR count). The minimum absolute atomic E-state index is 0.181. The maximum absolute atomic E-state index is 11.9. The number of nitro groups is 2. The smallest absolute Gasteiger partial charge is 0.410 e. The van der Waals surface area contributed by atoms with Gasteiger partial charge < -0.3 is 62.3 Å². The van der Waals surface area contributed by atoms with E-state index < -0.39 is 15.4 Å². The second-order valence-corrected chi connectivity index (χ2v) is 12.2. The van der Waals surface area contributed by atoms with E-state index in [-0.39, 0.29) is 36.3 Å². The molecule has 0 bridgehead atoms. The van der Waals surface area contributed by atoms with Crippen molar-refractivity contribution in [2.45, 2.75) is 26.4 Å². The molecule has 0 fully saturated rings. The van der Waals surface area contributed by atoms with Crippen molar-refractivity contribution in [1.29, 1.82) is 0 Å². The van der Waals surface area contributed by atoms with Gasteiger partial charge in [0.25, 0.3) is 11.4 Å². The van der Waals surface area contributed by atoms with Crippen molar-refractivity contribution in [3.05, 3.63) is 38.4 Å². The lowest BCUT2D eigenvalue weighted by molar-refractivity contribution is -0.393. The number of ether oxygens (including phenoxy) is 11. The largest absolute Gasteiger partial charge is 0.444 e. The predicted octanol–water partition coefficient (Wildman–Crippen LogP) is 2.95. The predicted molar refractivity (Wildman–Crippen MR) is 195 cm³/mol. The van der Waals surface area contributed by atoms with E-state index >= 15 is 0 Å². The molecule has 1 N–H and O–H groups in total. The molecule has 0 saturated carbocycles. The van der Waals surface area contributed by atoms with Crippen molar-refractivity contribution in [2.24, 2.45) is 0 Å². The van der Waals surface area contributed by atoms with Crippen LogP contribution in [-0.2, 0) is 52.1 Å². The molecule has 54 heavy (non-hydrogen) atoms. The van der Waals surface area contributed by atoms with Gasteiger partial charge in [-0.1, -0.05) is 0 Å². The van der Waals surface area contributed by atoms with Crippen molar-refractivity contribution in [1.82, 2.24) is 4.90 Å². The molecule has 0 saturated heterocycles. The molecule has 0 spiro atoms. The Morgan fingerprint density at radius 3 is 1.28 bits per heavy atom. The van der Waals surface area contributed by atoms with Crippen LogP contribution < -0.4 is 5.32 Å². The lowest BCUT2D eigenvalue weighted by atomic mass is 10.2. The van der Waals surface area contributed by atoms with Gasteiger partial charge >= 0.3 is 6.09 Å². The van der Waals surface area contributed by atoms with Gasteiger partial charge in [-0.15, -0.1) is 0 Å². The summed E-state index contributed by atoms with van der Waals surface area (Å²) >= 11 is 0. The van der Waals surface area contributed by atoms with Crippen LogP contribution in [0.5, 0.6) is 0 Å². The average Bonchev–Trinajstić information content (AvgIpc) is 3.12. The molecule has 0 heterocycles. The van der Waals surface area contributed by atoms with Gasteiger partial charge in [-0.2, -0.15) is 0 Å². The number of hydrogen-bond donors (Lipinski definition) is 1. The Morgan fingerprint density at radius 1 is 0.593 bits per heavy atom. The highest BCUT2D eigenvalue weighted by Gasteiger charge is 2.20. The topological polar surface area (TPSA) is 220 Å². The normalized spacial score (nSPS) is 11.5. The molecule has 0 aliphatic carbocycles. The molecule has 20 heteroatoms. The fraction of sp³-hybridized carbons (Fsp3) is 0.794. The zero-order valence-corrected chi connectivity index (χ0v) is 32.2. The SMILES string of the molecule is CN(CCOCCOCCOCCOCCOCCOCCOCCOCCOCCOCCNc1ccc([N+](=O)[O-])cc1[N+](=O)[O-])C(=O)OC(C)(C)C. The van der Waals surface area contributed by atoms with Crippen LogP contribution in [0.1, 0.15) is 20.8 Å². The first-order valence-corrected chi connectivity index (χ1v) is 17.9. The van der Waals surface area contributed by atoms with Crippen molar-refractivity contribution < 1.29 is 66.7 Å². The third-order valence-corrected chi connectivity index (χ3v) is 6.57. The van der Waals surface area contributed by atoms with Crippen LogP contribution in [0.2, 0.25) is 0 Å². The second-order valence-electron chi connectivity index (χ2n) is 12.2. The van der Waals surface area contributed by atoms with E-state index in [9.17, 15) is 25.0 Å². The summed E-state index contributed by atoms with van der Waals surface area (Å²) in [6.45, 7) is 14.7. The molecule has 1 aromatic carbocycles. The Bertz CT molecular complexity index is 1130. The van der Waals surface area contributed by atoms with E-state index in [2.05, 4.69) is 5.32 Å². The number of rotatable bonds is 36. The lowest BCUT2D eigenvalue weighted by Crippen LogP contribution is -2.36. The number of hydrogen-bond acceptors (Lipinski definition) is 17. The minimum atomic E-state index is -0.684. The Kier molecular flexibility index (Phi) is 28.8. The number of nitrogens with zero attached hydrogens (tertiary/aromatic N) is 3. The van der Waals surface area contributed by atoms with Gasteiger partial charge in [-0.05, 0) is 26.8 Å². The Balaban J connectivity index is 1.74. The van der Waals surface area contributed by atoms with Crippen molar-refractivity contribution in [3.8, 4) is 0 Å². The number of amides is 1. The quantitative estimate of drug-likeness (QED) is 0.0588. The molecule has 0 atom stereocenters. The van der Waals surface area contributed by atoms with Crippen LogP contribution >= 0.6 is 0 Å². The molecule has 0 aliphatic heterocycles. The zero-order chi connectivity index (χ0) is 39.7. The van der Waals surface area contributed by atoms with Crippen molar-refractivity contribution >= 4 is 23.2 Å². The van der Waals surface area contributed by atoms with Crippen LogP contribution in [-0.4, -0.2) is 179 Å². The van der Waals surface area contributed by atoms with E-state index in [1.54, 1.807) is 7.05 Å². The number of likely N-dealkylation sites (N-methyl/N-ethyl adjacent to an activating group) is 1. The van der Waals surface area contributed by atoms with E-state index in [0.29, 0.717) is 132 Å². The number of nitro benzene ring substituents is 2. The Hall–Kier alpha value is -3.31. The van der Waals surface area contributed by atoms with Gasteiger partial charge in [0.2, 0.25) is 0 Å². The van der Waals surface area contributed by atoms with Gasteiger partial charge in [0.15, 0.2) is 0 Å². The highest BCUT2D eigenvalue weighted by molar-refractivity contribution is 5.67. The molecule has 20 nitrogen and oxygen atoms in total. The summed E-state index contributed by atoms with van der Waals surface area (Å²) in [5.74, 6) is 0. The molecular weight excluding hydrogens is 720 g/mol. The summed E-state index contributed by atoms with van der Waals surface area (Å²) in [5.41, 5.74) is -1.06. The van der Waals surface area contributed by atoms with Crippen molar-refractivity contribution in [2.75, 3.05) is 158 Å². The third kappa shape index (κ3) is 28.2. The molecule has 0 radical (unpaired) electrons. The minimum Gasteiger partial charge on any atom is -0.444 e. The van der Waals surface area contributed by atoms with E-state index in [1.807, 2.05) is 20.8 Å². The summed E-state index contributed by atoms with van der Waals surface area (Å²) in [5, 5.41) is 24.8. The highest BCUT2D eigenvalue weighted by Crippen LogP contribution is 2.28. The van der Waals surface area contributed by atoms with E-state index in [1.165, 1.54) is 17.0 Å². The van der Waals surface area contributed by atoms with Crippen molar-refractivity contribution in [3.63, 3.8) is 0 Å². The first kappa shape index (κ1) is 48.7. The first-order valence-electron chi connectivity index (χ1n) is 17.9. The zero-order valence-electron chi connectivity index (χ0n) is 32.2. The molecule has 1 amide bonds. The monoisotopic (exact) mass is 780 g/mol. The summed E-state index contributed by atoms with van der Waals surface area (Å²) in [6.07, 6.45) is -0.377. The fourth-order valence-electron chi connectivity index (χ4n) is 3.91. The average molecular weight is 781 g/mol. The third-order valence-electron chi connectivity index (χ3n) is 6.57. The lowest BCUT2D eigenvalue weighted by Gasteiger charge is -2.24. The second kappa shape index (κ2) is 32.0. The maximum Gasteiger partial charge on any atom is 0.410 e. The highest BCUT2D eigenvalue weighted by atomic mass is 16.6. The number of nitrogens with one attached hydrogen (secondary N) is 1. The van der Waals surface area contributed by atoms with Gasteiger partial charge in [0.1, 0.15) is 11.3 Å². The molecule has 0 aromatic heterocycles. The van der Waals surface area contributed by atoms with Gasteiger partial charge in [0.05, 0.1) is 148 Å². The van der Waals surface area contributed by atoms with E-state index in [4.69, 9.17) is 52.1 Å². The standard InChI is InChI=1S/C34H60N4O16/c1-34(2,3)54-33(39)36(4)8-10-45-12-14-47-16-18-49-20-22-51-24-26-53-28-27-52-25-23-50-21-19-48-17-15-46-13-11-44-9-7-35-31-6-5-30(37(40)41)29-32(31)38(42)43/h5-6,29,35H,7-28H2,1-4H3. The Labute approximate surface area is 317 Å². The number of carbonyl (C=O) groups is 1. The molecule has 1 aromatic rings. The first-order chi connectivity index (χ1) is 26.0. The number of non-ortho nitro benzene ring substituents is 1. The summed E-state index contributed by atoms with van der Waals surface area (Å²) < 4.78 is 59.8.